The Balaban J connectivity index is 1.74. The van der Waals surface area contributed by atoms with Crippen molar-refractivity contribution < 1.29 is 9.50 Å². The van der Waals surface area contributed by atoms with Crippen molar-refractivity contribution in [2.45, 2.75) is 59.0 Å². The lowest BCUT2D eigenvalue weighted by Gasteiger charge is -2.37. The van der Waals surface area contributed by atoms with Crippen LogP contribution < -0.4 is 4.90 Å². The molecule has 1 fully saturated rings. The van der Waals surface area contributed by atoms with E-state index in [1.54, 1.807) is 0 Å². The van der Waals surface area contributed by atoms with Crippen LogP contribution in [0.4, 0.5) is 10.2 Å². The summed E-state index contributed by atoms with van der Waals surface area (Å²) >= 11 is 0. The van der Waals surface area contributed by atoms with Crippen molar-refractivity contribution in [3.63, 3.8) is 0 Å². The second-order valence-electron chi connectivity index (χ2n) is 8.26. The molecule has 0 spiro atoms. The zero-order chi connectivity index (χ0) is 21.5. The van der Waals surface area contributed by atoms with Crippen LogP contribution in [0.2, 0.25) is 0 Å². The zero-order valence-corrected chi connectivity index (χ0v) is 18.6. The van der Waals surface area contributed by atoms with Gasteiger partial charge in [0.2, 0.25) is 0 Å². The molecule has 1 atom stereocenters. The second-order valence-corrected chi connectivity index (χ2v) is 8.26. The first-order valence-electron chi connectivity index (χ1n) is 11.3. The predicted octanol–water partition coefficient (Wildman–Crippen LogP) is 3.75. The fourth-order valence-electron chi connectivity index (χ4n) is 4.15. The summed E-state index contributed by atoms with van der Waals surface area (Å²) in [7, 11) is 0. The molecule has 0 bridgehead atoms. The van der Waals surface area contributed by atoms with Crippen molar-refractivity contribution in [1.82, 2.24) is 14.9 Å². The molecule has 30 heavy (non-hydrogen) atoms. The van der Waals surface area contributed by atoms with Gasteiger partial charge in [-0.15, -0.1) is 0 Å². The minimum atomic E-state index is -0.237. The maximum Gasteiger partial charge on any atom is 0.136 e. The van der Waals surface area contributed by atoms with E-state index in [0.29, 0.717) is 6.42 Å². The first-order valence-corrected chi connectivity index (χ1v) is 11.3. The van der Waals surface area contributed by atoms with E-state index in [4.69, 9.17) is 4.98 Å². The summed E-state index contributed by atoms with van der Waals surface area (Å²) in [5.41, 5.74) is 3.28. The number of hydrogen-bond donors (Lipinski definition) is 1. The van der Waals surface area contributed by atoms with Gasteiger partial charge in [0.25, 0.3) is 0 Å². The molecule has 6 heteroatoms. The monoisotopic (exact) mass is 414 g/mol. The minimum Gasteiger partial charge on any atom is -0.392 e. The number of aliphatic hydroxyl groups is 1. The molecule has 1 aromatic carbocycles. The number of benzene rings is 1. The molecule has 0 aliphatic carbocycles. The fraction of sp³-hybridized carbons (Fsp3) is 0.583. The second kappa shape index (κ2) is 10.8. The maximum atomic E-state index is 13.3. The van der Waals surface area contributed by atoms with Crippen LogP contribution in [0, 0.1) is 12.7 Å². The van der Waals surface area contributed by atoms with Crippen molar-refractivity contribution in [2.24, 2.45) is 0 Å². The molecule has 1 N–H and O–H groups in total. The number of halogens is 1. The van der Waals surface area contributed by atoms with Gasteiger partial charge >= 0.3 is 0 Å². The van der Waals surface area contributed by atoms with Gasteiger partial charge in [0, 0.05) is 50.4 Å². The fourth-order valence-corrected chi connectivity index (χ4v) is 4.15. The highest BCUT2D eigenvalue weighted by Gasteiger charge is 2.24. The quantitative estimate of drug-likeness (QED) is 0.677. The van der Waals surface area contributed by atoms with Crippen LogP contribution in [0.15, 0.2) is 24.3 Å². The van der Waals surface area contributed by atoms with Crippen LogP contribution >= 0.6 is 0 Å². The third-order valence-electron chi connectivity index (χ3n) is 5.84. The van der Waals surface area contributed by atoms with E-state index >= 15 is 0 Å². The van der Waals surface area contributed by atoms with Crippen molar-refractivity contribution in [3.05, 3.63) is 52.7 Å². The van der Waals surface area contributed by atoms with Gasteiger partial charge in [0.1, 0.15) is 17.5 Å². The number of rotatable bonds is 9. The van der Waals surface area contributed by atoms with Crippen LogP contribution in [0.3, 0.4) is 0 Å². The topological polar surface area (TPSA) is 52.5 Å². The van der Waals surface area contributed by atoms with E-state index in [1.807, 2.05) is 19.1 Å². The summed E-state index contributed by atoms with van der Waals surface area (Å²) in [4.78, 5) is 14.2. The number of aromatic nitrogens is 2. The van der Waals surface area contributed by atoms with Gasteiger partial charge in [-0.25, -0.2) is 14.4 Å². The number of nitrogens with zero attached hydrogens (tertiary/aromatic N) is 4. The van der Waals surface area contributed by atoms with Crippen molar-refractivity contribution in [1.29, 1.82) is 0 Å². The number of hydrogen-bond acceptors (Lipinski definition) is 5. The van der Waals surface area contributed by atoms with E-state index in [2.05, 4.69) is 28.6 Å². The van der Waals surface area contributed by atoms with E-state index in [0.717, 1.165) is 86.9 Å². The zero-order valence-electron chi connectivity index (χ0n) is 18.6. The predicted molar refractivity (Wildman–Crippen MR) is 120 cm³/mol. The summed E-state index contributed by atoms with van der Waals surface area (Å²) in [5, 5.41) is 10.2. The maximum absolute atomic E-state index is 13.3. The van der Waals surface area contributed by atoms with E-state index in [-0.39, 0.29) is 11.9 Å². The van der Waals surface area contributed by atoms with Gasteiger partial charge in [-0.2, -0.15) is 0 Å². The summed E-state index contributed by atoms with van der Waals surface area (Å²) in [6.45, 7) is 10.6. The Bertz CT molecular complexity index is 804. The van der Waals surface area contributed by atoms with Crippen LogP contribution in [0.1, 0.15) is 55.8 Å². The molecule has 0 amide bonds. The lowest BCUT2D eigenvalue weighted by Crippen LogP contribution is -2.49. The van der Waals surface area contributed by atoms with Crippen LogP contribution in [0.5, 0.6) is 0 Å². The first kappa shape index (κ1) is 22.6. The van der Waals surface area contributed by atoms with Gasteiger partial charge in [-0.3, -0.25) is 4.90 Å². The molecule has 5 nitrogen and oxygen atoms in total. The van der Waals surface area contributed by atoms with Gasteiger partial charge in [-0.1, -0.05) is 38.8 Å². The molecule has 1 saturated heterocycles. The van der Waals surface area contributed by atoms with Crippen molar-refractivity contribution in [3.8, 4) is 0 Å². The molecule has 164 valence electrons. The third-order valence-corrected chi connectivity index (χ3v) is 5.84. The Hall–Kier alpha value is -2.05. The molecule has 0 radical (unpaired) electrons. The number of aryl methyl sites for hydroxylation is 2. The van der Waals surface area contributed by atoms with Crippen LogP contribution in [0.25, 0.3) is 0 Å². The normalized spacial score (nSPS) is 16.1. The van der Waals surface area contributed by atoms with E-state index < -0.39 is 0 Å². The highest BCUT2D eigenvalue weighted by atomic mass is 19.1. The SMILES string of the molecule is CCCCC(O)CN1CCN(c2nc(C)nc(CC)c2Cc2ccc(F)cc2)CC1. The first-order chi connectivity index (χ1) is 14.5. The molecule has 3 rings (SSSR count). The lowest BCUT2D eigenvalue weighted by atomic mass is 10.0. The molecule has 1 unspecified atom stereocenters. The number of anilines is 1. The van der Waals surface area contributed by atoms with Crippen molar-refractivity contribution in [2.75, 3.05) is 37.6 Å². The van der Waals surface area contributed by atoms with Gasteiger partial charge in [0.15, 0.2) is 0 Å². The summed E-state index contributed by atoms with van der Waals surface area (Å²) in [6, 6.07) is 6.71. The average Bonchev–Trinajstić information content (AvgIpc) is 2.75. The van der Waals surface area contributed by atoms with Crippen molar-refractivity contribution >= 4 is 5.82 Å². The molecule has 0 saturated carbocycles. The molecular formula is C24H35FN4O. The summed E-state index contributed by atoms with van der Waals surface area (Å²) in [6.07, 6.45) is 4.38. The summed E-state index contributed by atoms with van der Waals surface area (Å²) < 4.78 is 13.3. The highest BCUT2D eigenvalue weighted by molar-refractivity contribution is 5.52. The molecule has 2 heterocycles. The largest absolute Gasteiger partial charge is 0.392 e. The Morgan fingerprint density at radius 1 is 1.07 bits per heavy atom. The number of unbranched alkanes of at least 4 members (excludes halogenated alkanes) is 1. The van der Waals surface area contributed by atoms with E-state index in [9.17, 15) is 9.50 Å². The lowest BCUT2D eigenvalue weighted by molar-refractivity contribution is 0.100. The molecule has 1 aliphatic heterocycles. The van der Waals surface area contributed by atoms with Gasteiger partial charge in [0.05, 0.1) is 6.10 Å². The van der Waals surface area contributed by atoms with Gasteiger partial charge < -0.3 is 10.0 Å². The highest BCUT2D eigenvalue weighted by Crippen LogP contribution is 2.26. The molecular weight excluding hydrogens is 379 g/mol. The van der Waals surface area contributed by atoms with Gasteiger partial charge in [-0.05, 0) is 37.5 Å². The number of aliphatic hydroxyl groups excluding tert-OH is 1. The molecule has 1 aromatic heterocycles. The average molecular weight is 415 g/mol. The molecule has 2 aromatic rings. The van der Waals surface area contributed by atoms with Crippen LogP contribution in [-0.4, -0.2) is 58.8 Å². The smallest absolute Gasteiger partial charge is 0.136 e. The minimum absolute atomic E-state index is 0.216. The third kappa shape index (κ3) is 5.99. The van der Waals surface area contributed by atoms with E-state index in [1.165, 1.54) is 12.1 Å². The number of β-amino-alcohol motifs (C(OH)–C–C–N with tert-alkyl or cyclic N) is 1. The Labute approximate surface area is 180 Å². The Morgan fingerprint density at radius 2 is 1.77 bits per heavy atom. The Kier molecular flexibility index (Phi) is 8.16. The molecule has 1 aliphatic rings. The number of piperazine rings is 1. The standard InChI is InChI=1S/C24H35FN4O/c1-4-6-7-21(30)17-28-12-14-29(15-13-28)24-22(23(5-2)26-18(3)27-24)16-19-8-10-20(25)11-9-19/h8-11,21,30H,4-7,12-17H2,1-3H3. The summed E-state index contributed by atoms with van der Waals surface area (Å²) in [5.74, 6) is 1.59. The Morgan fingerprint density at radius 3 is 2.40 bits per heavy atom. The van der Waals surface area contributed by atoms with Crippen LogP contribution in [-0.2, 0) is 12.8 Å².